The fourth-order valence-corrected chi connectivity index (χ4v) is 4.99. The summed E-state index contributed by atoms with van der Waals surface area (Å²) in [6.07, 6.45) is 1.93. The van der Waals surface area contributed by atoms with Crippen molar-refractivity contribution in [2.24, 2.45) is 5.73 Å². The van der Waals surface area contributed by atoms with Crippen molar-refractivity contribution in [3.63, 3.8) is 0 Å². The molecule has 0 spiro atoms. The highest BCUT2D eigenvalue weighted by molar-refractivity contribution is 6.30. The van der Waals surface area contributed by atoms with E-state index in [1.54, 1.807) is 18.2 Å². The Morgan fingerprint density at radius 2 is 1.87 bits per heavy atom. The van der Waals surface area contributed by atoms with Crippen molar-refractivity contribution >= 4 is 17.5 Å². The van der Waals surface area contributed by atoms with Gasteiger partial charge in [0.15, 0.2) is 5.69 Å². The van der Waals surface area contributed by atoms with E-state index in [4.69, 9.17) is 17.3 Å². The van der Waals surface area contributed by atoms with Gasteiger partial charge in [-0.2, -0.15) is 0 Å². The lowest BCUT2D eigenvalue weighted by Crippen LogP contribution is -2.39. The van der Waals surface area contributed by atoms with Crippen LogP contribution < -0.4 is 5.73 Å². The molecule has 152 valence electrons. The van der Waals surface area contributed by atoms with Crippen molar-refractivity contribution in [2.45, 2.75) is 24.8 Å². The van der Waals surface area contributed by atoms with Crippen LogP contribution in [0.2, 0.25) is 5.02 Å². The third-order valence-electron chi connectivity index (χ3n) is 6.41. The number of fused-ring (bicyclic) bond motifs is 2. The molecule has 5 nitrogen and oxygen atoms in total. The number of nitrogens with zero attached hydrogens (tertiary/aromatic N) is 3. The molecule has 2 N–H and O–H groups in total. The van der Waals surface area contributed by atoms with Gasteiger partial charge in [-0.15, -0.1) is 10.2 Å². The number of piperidine rings is 1. The molecule has 1 amide bonds. The lowest BCUT2D eigenvalue weighted by molar-refractivity contribution is 0.0994. The molecule has 0 unspecified atom stereocenters. The van der Waals surface area contributed by atoms with E-state index in [9.17, 15) is 9.18 Å². The summed E-state index contributed by atoms with van der Waals surface area (Å²) in [5.41, 5.74) is 10.4. The van der Waals surface area contributed by atoms with Crippen LogP contribution in [0.15, 0.2) is 48.5 Å². The van der Waals surface area contributed by atoms with Gasteiger partial charge >= 0.3 is 0 Å². The van der Waals surface area contributed by atoms with E-state index in [1.165, 1.54) is 17.2 Å². The molecule has 1 aromatic heterocycles. The number of amides is 1. The fourth-order valence-electron chi connectivity index (χ4n) is 4.81. The van der Waals surface area contributed by atoms with Crippen LogP contribution in [0.25, 0.3) is 11.3 Å². The zero-order chi connectivity index (χ0) is 20.9. The number of nitrogens with two attached hydrogens (primary N) is 1. The number of primary amides is 1. The molecule has 3 aromatic rings. The summed E-state index contributed by atoms with van der Waals surface area (Å²) in [6, 6.07) is 14.8. The number of rotatable bonds is 3. The van der Waals surface area contributed by atoms with Gasteiger partial charge in [-0.05, 0) is 73.0 Å². The van der Waals surface area contributed by atoms with Crippen LogP contribution in [-0.2, 0) is 12.0 Å². The molecule has 7 heteroatoms. The van der Waals surface area contributed by atoms with Crippen LogP contribution in [0.3, 0.4) is 0 Å². The molecule has 0 atom stereocenters. The van der Waals surface area contributed by atoms with Crippen LogP contribution in [0.5, 0.6) is 0 Å². The minimum atomic E-state index is -0.597. The highest BCUT2D eigenvalue weighted by Crippen LogP contribution is 2.47. The summed E-state index contributed by atoms with van der Waals surface area (Å²) in [5, 5.41) is 8.25. The van der Waals surface area contributed by atoms with E-state index in [0.717, 1.165) is 43.6 Å². The lowest BCUT2D eigenvalue weighted by atomic mass is 9.68. The second-order valence-electron chi connectivity index (χ2n) is 8.03. The van der Waals surface area contributed by atoms with E-state index in [0.29, 0.717) is 5.69 Å². The van der Waals surface area contributed by atoms with Crippen molar-refractivity contribution in [1.29, 1.82) is 0 Å². The highest BCUT2D eigenvalue weighted by atomic mass is 35.5. The van der Waals surface area contributed by atoms with Gasteiger partial charge in [0.25, 0.3) is 5.91 Å². The van der Waals surface area contributed by atoms with E-state index in [-0.39, 0.29) is 16.1 Å². The van der Waals surface area contributed by atoms with Crippen LogP contribution in [-0.4, -0.2) is 34.1 Å². The second kappa shape index (κ2) is 7.15. The molecule has 2 aromatic carbocycles. The molecular formula is C23H20ClFN4O. The quantitative estimate of drug-likeness (QED) is 0.694. The Morgan fingerprint density at radius 1 is 1.07 bits per heavy atom. The van der Waals surface area contributed by atoms with Crippen LogP contribution in [0.1, 0.15) is 40.0 Å². The molecular weight excluding hydrogens is 403 g/mol. The Hall–Kier alpha value is -2.83. The topological polar surface area (TPSA) is 72.1 Å². The van der Waals surface area contributed by atoms with Gasteiger partial charge in [0.2, 0.25) is 0 Å². The number of aromatic nitrogens is 2. The number of carbonyl (C=O) groups excluding carboxylic acids is 1. The van der Waals surface area contributed by atoms with Crippen molar-refractivity contribution in [1.82, 2.24) is 15.1 Å². The zero-order valence-electron chi connectivity index (χ0n) is 16.2. The first-order chi connectivity index (χ1) is 14.5. The maximum absolute atomic E-state index is 13.8. The Morgan fingerprint density at radius 3 is 2.53 bits per heavy atom. The number of halogens is 2. The SMILES string of the molecule is NC(=O)c1ccc(-c2ccc3c(c2)CN2CCC3(c3ccc(F)c(Cl)c3)CC2)nn1. The normalized spacial score (nSPS) is 22.4. The van der Waals surface area contributed by atoms with Crippen LogP contribution in [0.4, 0.5) is 4.39 Å². The zero-order valence-corrected chi connectivity index (χ0v) is 17.0. The third kappa shape index (κ3) is 3.07. The number of benzene rings is 2. The van der Waals surface area contributed by atoms with Gasteiger partial charge in [-0.3, -0.25) is 9.69 Å². The molecule has 0 aliphatic carbocycles. The first-order valence-electron chi connectivity index (χ1n) is 9.91. The molecule has 1 fully saturated rings. The molecule has 0 saturated carbocycles. The monoisotopic (exact) mass is 422 g/mol. The van der Waals surface area contributed by atoms with E-state index in [1.807, 2.05) is 12.1 Å². The molecule has 6 rings (SSSR count). The molecule has 3 aliphatic heterocycles. The first kappa shape index (κ1) is 19.2. The van der Waals surface area contributed by atoms with Gasteiger partial charge in [-0.1, -0.05) is 29.8 Å². The van der Waals surface area contributed by atoms with Crippen molar-refractivity contribution in [3.05, 3.63) is 81.8 Å². The summed E-state index contributed by atoms with van der Waals surface area (Å²) in [4.78, 5) is 13.7. The Bertz CT molecular complexity index is 1140. The van der Waals surface area contributed by atoms with Gasteiger partial charge in [0, 0.05) is 17.5 Å². The van der Waals surface area contributed by atoms with Crippen LogP contribution in [0, 0.1) is 5.82 Å². The molecule has 30 heavy (non-hydrogen) atoms. The standard InChI is InChI=1S/C23H20ClFN4O/c24-18-12-16(2-4-19(18)25)23-7-9-29(10-8-23)13-15-11-14(1-3-17(15)23)20-5-6-21(22(26)30)28-27-20/h1-6,11-12H,7-10,13H2,(H2,26,30). The average Bonchev–Trinajstić information content (AvgIpc) is 3.02. The molecule has 1 saturated heterocycles. The van der Waals surface area contributed by atoms with Crippen molar-refractivity contribution in [2.75, 3.05) is 13.1 Å². The summed E-state index contributed by atoms with van der Waals surface area (Å²) < 4.78 is 13.8. The summed E-state index contributed by atoms with van der Waals surface area (Å²) in [5.74, 6) is -0.989. The Labute approximate surface area is 178 Å². The Kier molecular flexibility index (Phi) is 4.56. The fraction of sp³-hybridized carbons (Fsp3) is 0.261. The Balaban J connectivity index is 1.61. The highest BCUT2D eigenvalue weighted by Gasteiger charge is 2.42. The molecule has 0 radical (unpaired) electrons. The number of hydrogen-bond acceptors (Lipinski definition) is 4. The van der Waals surface area contributed by atoms with Gasteiger partial charge in [0.1, 0.15) is 5.82 Å². The van der Waals surface area contributed by atoms with Gasteiger partial charge in [-0.25, -0.2) is 4.39 Å². The molecule has 3 aliphatic rings. The lowest BCUT2D eigenvalue weighted by Gasteiger charge is -2.39. The van der Waals surface area contributed by atoms with Gasteiger partial charge < -0.3 is 5.73 Å². The van der Waals surface area contributed by atoms with Crippen molar-refractivity contribution < 1.29 is 9.18 Å². The van der Waals surface area contributed by atoms with Crippen LogP contribution >= 0.6 is 11.6 Å². The number of carbonyl (C=O) groups is 1. The van der Waals surface area contributed by atoms with Crippen molar-refractivity contribution in [3.8, 4) is 11.3 Å². The predicted molar refractivity (Wildman–Crippen MR) is 113 cm³/mol. The summed E-state index contributed by atoms with van der Waals surface area (Å²) in [6.45, 7) is 2.81. The van der Waals surface area contributed by atoms with E-state index >= 15 is 0 Å². The number of hydrogen-bond donors (Lipinski definition) is 1. The van der Waals surface area contributed by atoms with E-state index < -0.39 is 11.7 Å². The van der Waals surface area contributed by atoms with Gasteiger partial charge in [0.05, 0.1) is 10.7 Å². The maximum Gasteiger partial charge on any atom is 0.269 e. The minimum Gasteiger partial charge on any atom is -0.364 e. The summed E-state index contributed by atoms with van der Waals surface area (Å²) in [7, 11) is 0. The smallest absolute Gasteiger partial charge is 0.269 e. The average molecular weight is 423 g/mol. The summed E-state index contributed by atoms with van der Waals surface area (Å²) >= 11 is 6.14. The van der Waals surface area contributed by atoms with E-state index in [2.05, 4.69) is 27.2 Å². The third-order valence-corrected chi connectivity index (χ3v) is 6.70. The molecule has 2 bridgehead atoms. The maximum atomic E-state index is 13.8. The second-order valence-corrected chi connectivity index (χ2v) is 8.43. The minimum absolute atomic E-state index is 0.143. The molecule has 4 heterocycles. The first-order valence-corrected chi connectivity index (χ1v) is 10.3. The predicted octanol–water partition coefficient (Wildman–Crippen LogP) is 3.93. The largest absolute Gasteiger partial charge is 0.364 e.